The van der Waals surface area contributed by atoms with Crippen LogP contribution in [-0.2, 0) is 18.6 Å². The normalized spacial score (nSPS) is 11.4. The highest BCUT2D eigenvalue weighted by molar-refractivity contribution is 7.46. The van der Waals surface area contributed by atoms with E-state index in [2.05, 4.69) is 9.26 Å². The summed E-state index contributed by atoms with van der Waals surface area (Å²) in [5.41, 5.74) is 0. The van der Waals surface area contributed by atoms with Crippen molar-refractivity contribution >= 4 is 19.9 Å². The van der Waals surface area contributed by atoms with Crippen LogP contribution in [0.15, 0.2) is 0 Å². The molecule has 0 aliphatic carbocycles. The lowest BCUT2D eigenvalue weighted by molar-refractivity contribution is -0.137. The molecule has 0 radical (unpaired) electrons. The molecule has 118 valence electrons. The fourth-order valence-corrected chi connectivity index (χ4v) is 1.37. The maximum Gasteiger partial charge on any atom is 0.472 e. The van der Waals surface area contributed by atoms with Gasteiger partial charge in [0.25, 0.3) is 0 Å². The van der Waals surface area contributed by atoms with Crippen molar-refractivity contribution in [3.8, 4) is 0 Å². The number of carbonyl (C=O) groups excluding carboxylic acids is 1. The number of carboxylic acids is 1. The lowest BCUT2D eigenvalue weighted by Crippen LogP contribution is -2.35. The van der Waals surface area contributed by atoms with Gasteiger partial charge in [0, 0.05) is 13.1 Å². The van der Waals surface area contributed by atoms with E-state index in [0.717, 1.165) is 4.90 Å². The highest BCUT2D eigenvalue weighted by Gasteiger charge is 2.19. The summed E-state index contributed by atoms with van der Waals surface area (Å²) in [4.78, 5) is 40.2. The smallest absolute Gasteiger partial charge is 0.472 e. The first-order chi connectivity index (χ1) is 9.11. The van der Waals surface area contributed by atoms with Crippen LogP contribution in [-0.4, -0.2) is 51.7 Å². The number of phosphoric ester groups is 1. The van der Waals surface area contributed by atoms with Crippen LogP contribution in [0.2, 0.25) is 0 Å². The van der Waals surface area contributed by atoms with E-state index in [9.17, 15) is 14.2 Å². The molecule has 20 heavy (non-hydrogen) atoms. The van der Waals surface area contributed by atoms with Gasteiger partial charge in [-0.2, -0.15) is 0 Å². The summed E-state index contributed by atoms with van der Waals surface area (Å²) in [6.07, 6.45) is -0.471. The second kappa shape index (κ2) is 8.91. The molecule has 0 aromatic heterocycles. The van der Waals surface area contributed by atoms with Gasteiger partial charge in [0.1, 0.15) is 0 Å². The van der Waals surface area contributed by atoms with Gasteiger partial charge in [0.05, 0.1) is 6.42 Å². The van der Waals surface area contributed by atoms with E-state index in [1.54, 1.807) is 0 Å². The first kappa shape index (κ1) is 18.9. The van der Waals surface area contributed by atoms with Gasteiger partial charge in [-0.3, -0.25) is 4.79 Å². The van der Waals surface area contributed by atoms with E-state index < -0.39 is 26.7 Å². The number of nitrogens with zero attached hydrogens (tertiary/aromatic N) is 1. The van der Waals surface area contributed by atoms with E-state index in [1.807, 2.05) is 13.8 Å². The summed E-state index contributed by atoms with van der Waals surface area (Å²) in [5, 5.41) is 8.60. The van der Waals surface area contributed by atoms with Crippen LogP contribution in [0.3, 0.4) is 0 Å². The minimum Gasteiger partial charge on any atom is -0.481 e. The Kier molecular flexibility index (Phi) is 8.40. The molecule has 0 saturated heterocycles. The SMILES string of the molecule is CC(C)CCN(CCC(=O)O)C(=O)OCOP(=O)(O)O. The highest BCUT2D eigenvalue weighted by atomic mass is 31.2. The Morgan fingerprint density at radius 3 is 2.30 bits per heavy atom. The van der Waals surface area contributed by atoms with Gasteiger partial charge in [0.2, 0.25) is 6.79 Å². The molecule has 0 saturated carbocycles. The predicted octanol–water partition coefficient (Wildman–Crippen LogP) is 1.01. The molecule has 10 heteroatoms. The molecule has 0 aliphatic heterocycles. The zero-order valence-electron chi connectivity index (χ0n) is 11.4. The monoisotopic (exact) mass is 313 g/mol. The lowest BCUT2D eigenvalue weighted by Gasteiger charge is -2.22. The Balaban J connectivity index is 4.31. The minimum atomic E-state index is -4.70. The first-order valence-electron chi connectivity index (χ1n) is 5.95. The molecule has 0 unspecified atom stereocenters. The molecule has 0 rings (SSSR count). The quantitative estimate of drug-likeness (QED) is 0.424. The maximum atomic E-state index is 11.6. The van der Waals surface area contributed by atoms with Crippen LogP contribution < -0.4 is 0 Å². The third-order valence-corrected chi connectivity index (χ3v) is 2.68. The molecule has 1 amide bonds. The van der Waals surface area contributed by atoms with Gasteiger partial charge in [-0.1, -0.05) is 13.8 Å². The number of amides is 1. The fraction of sp³-hybridized carbons (Fsp3) is 0.800. The van der Waals surface area contributed by atoms with E-state index in [4.69, 9.17) is 14.9 Å². The Morgan fingerprint density at radius 1 is 1.25 bits per heavy atom. The number of carboxylic acid groups (broad SMARTS) is 1. The molecule has 0 heterocycles. The molecule has 0 spiro atoms. The van der Waals surface area contributed by atoms with Crippen LogP contribution >= 0.6 is 7.82 Å². The van der Waals surface area contributed by atoms with Crippen LogP contribution in [0.5, 0.6) is 0 Å². The molecule has 9 nitrogen and oxygen atoms in total. The van der Waals surface area contributed by atoms with E-state index in [-0.39, 0.29) is 13.0 Å². The first-order valence-corrected chi connectivity index (χ1v) is 7.48. The van der Waals surface area contributed by atoms with Crippen LogP contribution in [0.1, 0.15) is 26.7 Å². The number of carbonyl (C=O) groups is 2. The van der Waals surface area contributed by atoms with Gasteiger partial charge in [-0.25, -0.2) is 13.9 Å². The van der Waals surface area contributed by atoms with Crippen molar-refractivity contribution in [1.82, 2.24) is 4.90 Å². The number of hydrogen-bond acceptors (Lipinski definition) is 5. The van der Waals surface area contributed by atoms with E-state index in [0.29, 0.717) is 18.9 Å². The Morgan fingerprint density at radius 2 is 1.85 bits per heavy atom. The number of phosphoric acid groups is 1. The molecule has 0 atom stereocenters. The topological polar surface area (TPSA) is 134 Å². The molecule has 0 fully saturated rings. The third-order valence-electron chi connectivity index (χ3n) is 2.23. The number of ether oxygens (including phenoxy) is 1. The summed E-state index contributed by atoms with van der Waals surface area (Å²) < 4.78 is 18.9. The minimum absolute atomic E-state index is 0.0448. The van der Waals surface area contributed by atoms with E-state index >= 15 is 0 Å². The number of rotatable bonds is 9. The third kappa shape index (κ3) is 10.7. The van der Waals surface area contributed by atoms with Crippen molar-refractivity contribution in [3.05, 3.63) is 0 Å². The van der Waals surface area contributed by atoms with E-state index in [1.165, 1.54) is 0 Å². The van der Waals surface area contributed by atoms with Gasteiger partial charge >= 0.3 is 19.9 Å². The largest absolute Gasteiger partial charge is 0.481 e. The zero-order valence-corrected chi connectivity index (χ0v) is 12.3. The van der Waals surface area contributed by atoms with Gasteiger partial charge in [0.15, 0.2) is 0 Å². The van der Waals surface area contributed by atoms with Crippen LogP contribution in [0.4, 0.5) is 4.79 Å². The summed E-state index contributed by atoms with van der Waals surface area (Å²) >= 11 is 0. The fourth-order valence-electron chi connectivity index (χ4n) is 1.18. The summed E-state index contributed by atoms with van der Waals surface area (Å²) in [6, 6.07) is 0. The Hall–Kier alpha value is -1.15. The molecular formula is C10H20NO8P. The van der Waals surface area contributed by atoms with Gasteiger partial charge in [-0.15, -0.1) is 0 Å². The van der Waals surface area contributed by atoms with Crippen molar-refractivity contribution in [1.29, 1.82) is 0 Å². The molecule has 0 aromatic rings. The average molecular weight is 313 g/mol. The predicted molar refractivity (Wildman–Crippen MR) is 67.8 cm³/mol. The molecular weight excluding hydrogens is 293 g/mol. The van der Waals surface area contributed by atoms with Crippen molar-refractivity contribution < 1.29 is 38.3 Å². The van der Waals surface area contributed by atoms with Gasteiger partial charge in [-0.05, 0) is 12.3 Å². The summed E-state index contributed by atoms with van der Waals surface area (Å²) in [7, 11) is -4.70. The molecule has 0 bridgehead atoms. The number of hydrogen-bond donors (Lipinski definition) is 3. The second-order valence-corrected chi connectivity index (χ2v) is 5.70. The molecule has 0 aromatic carbocycles. The average Bonchev–Trinajstić information content (AvgIpc) is 2.26. The summed E-state index contributed by atoms with van der Waals surface area (Å²) in [6.45, 7) is 3.24. The van der Waals surface area contributed by atoms with Crippen molar-refractivity contribution in [2.45, 2.75) is 26.7 Å². The molecule has 0 aliphatic rings. The Labute approximate surface area is 116 Å². The molecule has 3 N–H and O–H groups in total. The van der Waals surface area contributed by atoms with Crippen molar-refractivity contribution in [3.63, 3.8) is 0 Å². The number of aliphatic carboxylic acids is 1. The zero-order chi connectivity index (χ0) is 15.8. The summed E-state index contributed by atoms with van der Waals surface area (Å²) in [5.74, 6) is -0.750. The van der Waals surface area contributed by atoms with Crippen LogP contribution in [0.25, 0.3) is 0 Å². The van der Waals surface area contributed by atoms with Crippen molar-refractivity contribution in [2.24, 2.45) is 5.92 Å². The van der Waals surface area contributed by atoms with Gasteiger partial charge < -0.3 is 24.5 Å². The second-order valence-electron chi connectivity index (χ2n) is 4.46. The highest BCUT2D eigenvalue weighted by Crippen LogP contribution is 2.35. The Bertz CT molecular complexity index is 366. The van der Waals surface area contributed by atoms with Crippen molar-refractivity contribution in [2.75, 3.05) is 19.9 Å². The van der Waals surface area contributed by atoms with Crippen LogP contribution in [0, 0.1) is 5.92 Å². The standard InChI is InChI=1S/C10H20NO8P/c1-8(2)3-5-11(6-4-9(12)13)10(14)18-7-19-20(15,16)17/h8H,3-7H2,1-2H3,(H,12,13)(H2,15,16,17). The maximum absolute atomic E-state index is 11.6. The lowest BCUT2D eigenvalue weighted by atomic mass is 10.1.